The lowest BCUT2D eigenvalue weighted by Gasteiger charge is -2.39. The number of halogens is 1. The van der Waals surface area contributed by atoms with E-state index in [-0.39, 0.29) is 40.8 Å². The van der Waals surface area contributed by atoms with E-state index < -0.39 is 5.97 Å². The van der Waals surface area contributed by atoms with Gasteiger partial charge in [0.15, 0.2) is 0 Å². The third kappa shape index (κ3) is 5.82. The standard InChI is InChI=1S/C16H19N3O3.C13H15N3O.C2H4O2.BrH/c1-2-22-16(21)18-7-6-13-11(8-18)10-4-3-5-12-15(10)19(13)9-14(20)17-12;17-12-7-16-11-4-5-14-6-9(11)8-2-1-3-10(15-12)13(8)16;1-2(3)4;/h3-5,11,13H,2,6-9H2,1H3,(H,17,20);1-3,9,11,14H,4-7H2,(H,15,17);1H3,(H,3,4);1H/t11-,13-;9-,11-;;/m00../s1. The molecule has 0 radical (unpaired) electrons. The van der Waals surface area contributed by atoms with Crippen molar-refractivity contribution in [2.45, 2.75) is 50.6 Å². The predicted molar refractivity (Wildman–Crippen MR) is 172 cm³/mol. The summed E-state index contributed by atoms with van der Waals surface area (Å²) in [6, 6.07) is 13.1. The second kappa shape index (κ2) is 13.0. The summed E-state index contributed by atoms with van der Waals surface area (Å²) in [7, 11) is 0. The molecular formula is C31H39BrN6O6. The molecule has 0 aliphatic carbocycles. The van der Waals surface area contributed by atoms with Crippen molar-refractivity contribution in [3.05, 3.63) is 47.5 Å². The summed E-state index contributed by atoms with van der Waals surface area (Å²) in [5.74, 6) is 0.124. The number of fused-ring (bicyclic) bond motifs is 6. The number of nitrogens with one attached hydrogen (secondary N) is 3. The molecule has 0 saturated carbocycles. The van der Waals surface area contributed by atoms with Crippen LogP contribution in [-0.4, -0.2) is 91.8 Å². The van der Waals surface area contributed by atoms with Crippen LogP contribution >= 0.6 is 17.0 Å². The van der Waals surface area contributed by atoms with E-state index in [1.807, 2.05) is 25.1 Å². The smallest absolute Gasteiger partial charge is 0.409 e. The van der Waals surface area contributed by atoms with Crippen LogP contribution in [0.2, 0.25) is 0 Å². The number of hydrogen-bond acceptors (Lipinski definition) is 8. The lowest BCUT2D eigenvalue weighted by Crippen LogP contribution is -2.50. The number of carbonyl (C=O) groups excluding carboxylic acids is 3. The first-order chi connectivity index (χ1) is 20.8. The molecule has 0 spiro atoms. The molecule has 2 aromatic carbocycles. The second-order valence-electron chi connectivity index (χ2n) is 11.6. The summed E-state index contributed by atoms with van der Waals surface area (Å²) in [5, 5.41) is 16.8. The van der Waals surface area contributed by atoms with Gasteiger partial charge in [-0.05, 0) is 49.6 Å². The number of likely N-dealkylation sites (tertiary alicyclic amines) is 1. The minimum Gasteiger partial charge on any atom is -0.481 e. The van der Waals surface area contributed by atoms with Gasteiger partial charge in [-0.25, -0.2) is 4.79 Å². The SMILES string of the molecule is Br.CC(=O)O.CCOC(=O)N1CC[C@H]2[C@@H](C1)c1cccc3c1N2CC(=O)N3.O=C1CN2c3c(cccc3[C@@H]3CNCC[C@@H]32)N1. The van der Waals surface area contributed by atoms with Crippen LogP contribution in [-0.2, 0) is 19.1 Å². The Bertz CT molecular complexity index is 1450. The van der Waals surface area contributed by atoms with Gasteiger partial charge in [-0.15, -0.1) is 17.0 Å². The summed E-state index contributed by atoms with van der Waals surface area (Å²) < 4.78 is 5.13. The number of carbonyl (C=O) groups is 4. The highest BCUT2D eigenvalue weighted by atomic mass is 79.9. The lowest BCUT2D eigenvalue weighted by atomic mass is 9.89. The molecule has 12 nitrogen and oxygen atoms in total. The Hall–Kier alpha value is -3.84. The van der Waals surface area contributed by atoms with Crippen molar-refractivity contribution in [2.24, 2.45) is 0 Å². The Labute approximate surface area is 266 Å². The summed E-state index contributed by atoms with van der Waals surface area (Å²) >= 11 is 0. The fourth-order valence-corrected chi connectivity index (χ4v) is 7.51. The van der Waals surface area contributed by atoms with Crippen molar-refractivity contribution in [2.75, 3.05) is 66.3 Å². The molecular weight excluding hydrogens is 632 g/mol. The van der Waals surface area contributed by atoms with E-state index in [1.54, 1.807) is 4.90 Å². The number of carboxylic acids is 1. The van der Waals surface area contributed by atoms with Crippen LogP contribution in [0.25, 0.3) is 0 Å². The second-order valence-corrected chi connectivity index (χ2v) is 11.6. The zero-order valence-electron chi connectivity index (χ0n) is 24.9. The van der Waals surface area contributed by atoms with E-state index in [1.165, 1.54) is 16.8 Å². The number of benzene rings is 2. The number of aliphatic carboxylic acids is 1. The first-order valence-corrected chi connectivity index (χ1v) is 15.0. The first kappa shape index (κ1) is 31.6. The highest BCUT2D eigenvalue weighted by molar-refractivity contribution is 8.93. The van der Waals surface area contributed by atoms with Gasteiger partial charge in [-0.3, -0.25) is 14.4 Å². The molecule has 0 bridgehead atoms. The average molecular weight is 672 g/mol. The number of piperidine rings is 2. The van der Waals surface area contributed by atoms with E-state index in [0.717, 1.165) is 49.9 Å². The Morgan fingerprint density at radius 3 is 2.02 bits per heavy atom. The quantitative estimate of drug-likeness (QED) is 0.359. The molecule has 6 aliphatic heterocycles. The molecule has 4 N–H and O–H groups in total. The summed E-state index contributed by atoms with van der Waals surface area (Å²) in [6.45, 7) is 7.66. The molecule has 44 heavy (non-hydrogen) atoms. The van der Waals surface area contributed by atoms with Crippen LogP contribution in [0.3, 0.4) is 0 Å². The van der Waals surface area contributed by atoms with Crippen LogP contribution < -0.4 is 25.8 Å². The maximum Gasteiger partial charge on any atom is 0.409 e. The number of carboxylic acid groups (broad SMARTS) is 1. The molecule has 6 heterocycles. The van der Waals surface area contributed by atoms with E-state index in [0.29, 0.717) is 50.8 Å². The molecule has 13 heteroatoms. The van der Waals surface area contributed by atoms with Crippen LogP contribution in [0.5, 0.6) is 0 Å². The van der Waals surface area contributed by atoms with Crippen molar-refractivity contribution in [1.29, 1.82) is 0 Å². The Kier molecular flexibility index (Phi) is 9.35. The molecule has 3 amide bonds. The van der Waals surface area contributed by atoms with Crippen molar-refractivity contribution in [1.82, 2.24) is 10.2 Å². The summed E-state index contributed by atoms with van der Waals surface area (Å²) in [5.41, 5.74) is 6.93. The van der Waals surface area contributed by atoms with Crippen LogP contribution in [0.1, 0.15) is 49.7 Å². The monoisotopic (exact) mass is 670 g/mol. The van der Waals surface area contributed by atoms with Gasteiger partial charge in [0, 0.05) is 50.5 Å². The fraction of sp³-hybridized carbons (Fsp3) is 0.484. The van der Waals surface area contributed by atoms with Crippen molar-refractivity contribution in [3.63, 3.8) is 0 Å². The number of rotatable bonds is 1. The van der Waals surface area contributed by atoms with Gasteiger partial charge < -0.3 is 40.5 Å². The average Bonchev–Trinajstić information content (AvgIpc) is 3.47. The van der Waals surface area contributed by atoms with Crippen molar-refractivity contribution in [3.8, 4) is 0 Å². The number of anilines is 4. The van der Waals surface area contributed by atoms with E-state index in [2.05, 4.69) is 43.9 Å². The molecule has 236 valence electrons. The number of amides is 3. The van der Waals surface area contributed by atoms with Gasteiger partial charge in [0.2, 0.25) is 11.8 Å². The summed E-state index contributed by atoms with van der Waals surface area (Å²) in [6.07, 6.45) is 1.76. The molecule has 2 saturated heterocycles. The Morgan fingerprint density at radius 1 is 0.909 bits per heavy atom. The lowest BCUT2D eigenvalue weighted by molar-refractivity contribution is -0.134. The van der Waals surface area contributed by atoms with Crippen LogP contribution in [0.4, 0.5) is 27.5 Å². The summed E-state index contributed by atoms with van der Waals surface area (Å²) in [4.78, 5) is 51.0. The minimum atomic E-state index is -0.833. The molecule has 2 aromatic rings. The van der Waals surface area contributed by atoms with Gasteiger partial charge in [0.1, 0.15) is 0 Å². The van der Waals surface area contributed by atoms with E-state index >= 15 is 0 Å². The zero-order valence-corrected chi connectivity index (χ0v) is 26.6. The van der Waals surface area contributed by atoms with Crippen molar-refractivity contribution >= 4 is 63.6 Å². The van der Waals surface area contributed by atoms with E-state index in [9.17, 15) is 14.4 Å². The van der Waals surface area contributed by atoms with Crippen molar-refractivity contribution < 1.29 is 29.0 Å². The number of hydrogen-bond donors (Lipinski definition) is 4. The molecule has 6 aliphatic rings. The largest absolute Gasteiger partial charge is 0.481 e. The van der Waals surface area contributed by atoms with Gasteiger partial charge in [-0.1, -0.05) is 24.3 Å². The zero-order chi connectivity index (χ0) is 30.2. The van der Waals surface area contributed by atoms with Gasteiger partial charge in [0.25, 0.3) is 5.97 Å². The Balaban J connectivity index is 0.000000156. The molecule has 8 rings (SSSR count). The number of ether oxygens (including phenoxy) is 1. The predicted octanol–water partition coefficient (Wildman–Crippen LogP) is 3.35. The fourth-order valence-electron chi connectivity index (χ4n) is 7.51. The maximum absolute atomic E-state index is 12.0. The van der Waals surface area contributed by atoms with E-state index in [4.69, 9.17) is 14.6 Å². The Morgan fingerprint density at radius 2 is 1.45 bits per heavy atom. The first-order valence-electron chi connectivity index (χ1n) is 15.0. The third-order valence-corrected chi connectivity index (χ3v) is 9.03. The number of nitrogens with zero attached hydrogens (tertiary/aromatic N) is 3. The molecule has 0 unspecified atom stereocenters. The van der Waals surface area contributed by atoms with Gasteiger partial charge in [-0.2, -0.15) is 0 Å². The normalized spacial score (nSPS) is 24.7. The third-order valence-electron chi connectivity index (χ3n) is 9.03. The van der Waals surface area contributed by atoms with Gasteiger partial charge >= 0.3 is 6.09 Å². The number of para-hydroxylation sites is 2. The highest BCUT2D eigenvalue weighted by Gasteiger charge is 2.46. The van der Waals surface area contributed by atoms with Crippen LogP contribution in [0.15, 0.2) is 36.4 Å². The molecule has 2 fully saturated rings. The molecule has 4 atom stereocenters. The maximum atomic E-state index is 12.0. The van der Waals surface area contributed by atoms with Crippen LogP contribution in [0, 0.1) is 0 Å². The van der Waals surface area contributed by atoms with Gasteiger partial charge in [0.05, 0.1) is 42.4 Å². The minimum absolute atomic E-state index is 0. The molecule has 0 aromatic heterocycles. The highest BCUT2D eigenvalue weighted by Crippen LogP contribution is 2.50. The topological polar surface area (TPSA) is 144 Å².